The SMILES string of the molecule is CCOC(=O)[C@H]1CCCN(C(=O)[C@H](CCSC)NC(=O)COc2ccccc2)C1. The van der Waals surface area contributed by atoms with Gasteiger partial charge in [0.1, 0.15) is 11.8 Å². The van der Waals surface area contributed by atoms with E-state index in [4.69, 9.17) is 9.47 Å². The minimum atomic E-state index is -0.629. The summed E-state index contributed by atoms with van der Waals surface area (Å²) in [5.74, 6) is 0.291. The first-order valence-corrected chi connectivity index (χ1v) is 11.4. The molecule has 0 bridgehead atoms. The molecule has 7 nitrogen and oxygen atoms in total. The molecule has 1 aromatic carbocycles. The van der Waals surface area contributed by atoms with Gasteiger partial charge in [-0.1, -0.05) is 18.2 Å². The molecule has 1 saturated heterocycles. The number of carbonyl (C=O) groups is 3. The second-order valence-electron chi connectivity index (χ2n) is 6.88. The number of hydrogen-bond donors (Lipinski definition) is 1. The van der Waals surface area contributed by atoms with E-state index in [1.54, 1.807) is 35.7 Å². The molecule has 0 aliphatic carbocycles. The maximum Gasteiger partial charge on any atom is 0.310 e. The normalized spacial score (nSPS) is 17.3. The molecule has 1 aliphatic rings. The molecule has 0 unspecified atom stereocenters. The van der Waals surface area contributed by atoms with Gasteiger partial charge in [0.05, 0.1) is 12.5 Å². The number of carbonyl (C=O) groups excluding carboxylic acids is 3. The van der Waals surface area contributed by atoms with E-state index in [-0.39, 0.29) is 30.3 Å². The first-order chi connectivity index (χ1) is 14.0. The number of thioether (sulfide) groups is 1. The summed E-state index contributed by atoms with van der Waals surface area (Å²) >= 11 is 1.62. The Kier molecular flexibility index (Phi) is 9.83. The summed E-state index contributed by atoms with van der Waals surface area (Å²) in [6.45, 7) is 2.87. The smallest absolute Gasteiger partial charge is 0.310 e. The standard InChI is InChI=1S/C21H30N2O5S/c1-3-27-21(26)16-8-7-12-23(14-16)20(25)18(11-13-29-2)22-19(24)15-28-17-9-5-4-6-10-17/h4-6,9-10,16,18H,3,7-8,11-15H2,1-2H3,(H,22,24)/t16-,18-/m0/s1. The van der Waals surface area contributed by atoms with Crippen molar-refractivity contribution < 1.29 is 23.9 Å². The monoisotopic (exact) mass is 422 g/mol. The average molecular weight is 423 g/mol. The van der Waals surface area contributed by atoms with E-state index in [0.29, 0.717) is 31.9 Å². The Hall–Kier alpha value is -2.22. The molecule has 160 valence electrons. The zero-order valence-corrected chi connectivity index (χ0v) is 17.9. The molecule has 0 spiro atoms. The number of esters is 1. The summed E-state index contributed by atoms with van der Waals surface area (Å²) in [6, 6.07) is 8.43. The molecule has 1 aliphatic heterocycles. The van der Waals surface area contributed by atoms with Crippen molar-refractivity contribution in [1.29, 1.82) is 0 Å². The van der Waals surface area contributed by atoms with Crippen LogP contribution in [0.4, 0.5) is 0 Å². The second kappa shape index (κ2) is 12.4. The number of benzene rings is 1. The Morgan fingerprint density at radius 3 is 2.72 bits per heavy atom. The van der Waals surface area contributed by atoms with Gasteiger partial charge >= 0.3 is 5.97 Å². The highest BCUT2D eigenvalue weighted by Gasteiger charge is 2.33. The number of nitrogens with zero attached hydrogens (tertiary/aromatic N) is 1. The molecule has 1 N–H and O–H groups in total. The molecule has 2 rings (SSSR count). The molecular weight excluding hydrogens is 392 g/mol. The topological polar surface area (TPSA) is 84.9 Å². The lowest BCUT2D eigenvalue weighted by Gasteiger charge is -2.34. The molecule has 29 heavy (non-hydrogen) atoms. The number of likely N-dealkylation sites (tertiary alicyclic amines) is 1. The zero-order chi connectivity index (χ0) is 21.1. The van der Waals surface area contributed by atoms with Crippen molar-refractivity contribution in [3.63, 3.8) is 0 Å². The minimum Gasteiger partial charge on any atom is -0.484 e. The van der Waals surface area contributed by atoms with Crippen LogP contribution in [0.15, 0.2) is 30.3 Å². The minimum absolute atomic E-state index is 0.152. The maximum absolute atomic E-state index is 13.0. The lowest BCUT2D eigenvalue weighted by molar-refractivity contribution is -0.152. The van der Waals surface area contributed by atoms with E-state index in [1.807, 2.05) is 24.5 Å². The number of piperidine rings is 1. The van der Waals surface area contributed by atoms with Crippen LogP contribution in [0.2, 0.25) is 0 Å². The third-order valence-electron chi connectivity index (χ3n) is 4.71. The second-order valence-corrected chi connectivity index (χ2v) is 7.86. The Morgan fingerprint density at radius 2 is 2.03 bits per heavy atom. The number of para-hydroxylation sites is 1. The fraction of sp³-hybridized carbons (Fsp3) is 0.571. The molecule has 2 atom stereocenters. The van der Waals surface area contributed by atoms with Crippen molar-refractivity contribution in [1.82, 2.24) is 10.2 Å². The third-order valence-corrected chi connectivity index (χ3v) is 5.35. The van der Waals surface area contributed by atoms with Crippen molar-refractivity contribution >= 4 is 29.5 Å². The summed E-state index contributed by atoms with van der Waals surface area (Å²) in [6.07, 6.45) is 3.95. The molecule has 2 amide bonds. The van der Waals surface area contributed by atoms with Crippen molar-refractivity contribution in [2.45, 2.75) is 32.2 Å². The van der Waals surface area contributed by atoms with Gasteiger partial charge < -0.3 is 19.7 Å². The summed E-state index contributed by atoms with van der Waals surface area (Å²) in [4.78, 5) is 39.1. The van der Waals surface area contributed by atoms with Gasteiger partial charge in [-0.2, -0.15) is 11.8 Å². The molecule has 8 heteroatoms. The predicted molar refractivity (Wildman–Crippen MR) is 113 cm³/mol. The highest BCUT2D eigenvalue weighted by molar-refractivity contribution is 7.98. The Morgan fingerprint density at radius 1 is 1.28 bits per heavy atom. The van der Waals surface area contributed by atoms with Gasteiger partial charge in [-0.05, 0) is 50.3 Å². The number of nitrogens with one attached hydrogen (secondary N) is 1. The van der Waals surface area contributed by atoms with Gasteiger partial charge in [0, 0.05) is 13.1 Å². The average Bonchev–Trinajstić information content (AvgIpc) is 2.75. The summed E-state index contributed by atoms with van der Waals surface area (Å²) < 4.78 is 10.6. The van der Waals surface area contributed by atoms with Crippen LogP contribution < -0.4 is 10.1 Å². The van der Waals surface area contributed by atoms with E-state index in [1.165, 1.54) is 0 Å². The highest BCUT2D eigenvalue weighted by atomic mass is 32.2. The molecule has 1 fully saturated rings. The lowest BCUT2D eigenvalue weighted by Crippen LogP contribution is -2.53. The van der Waals surface area contributed by atoms with Crippen molar-refractivity contribution in [2.24, 2.45) is 5.92 Å². The van der Waals surface area contributed by atoms with Gasteiger partial charge in [-0.3, -0.25) is 14.4 Å². The van der Waals surface area contributed by atoms with Gasteiger partial charge in [0.25, 0.3) is 5.91 Å². The Labute approximate surface area is 176 Å². The van der Waals surface area contributed by atoms with Crippen LogP contribution in [0.3, 0.4) is 0 Å². The van der Waals surface area contributed by atoms with Gasteiger partial charge in [0.15, 0.2) is 6.61 Å². The first-order valence-electron chi connectivity index (χ1n) is 9.96. The maximum atomic E-state index is 13.0. The molecule has 0 aromatic heterocycles. The van der Waals surface area contributed by atoms with Crippen LogP contribution in [0.1, 0.15) is 26.2 Å². The van der Waals surface area contributed by atoms with E-state index < -0.39 is 6.04 Å². The van der Waals surface area contributed by atoms with E-state index in [9.17, 15) is 14.4 Å². The van der Waals surface area contributed by atoms with Crippen molar-refractivity contribution in [3.05, 3.63) is 30.3 Å². The fourth-order valence-corrected chi connectivity index (χ4v) is 3.72. The van der Waals surface area contributed by atoms with Crippen LogP contribution in [-0.2, 0) is 19.1 Å². The quantitative estimate of drug-likeness (QED) is 0.582. The molecule has 1 heterocycles. The van der Waals surface area contributed by atoms with E-state index in [2.05, 4.69) is 5.32 Å². The van der Waals surface area contributed by atoms with Crippen LogP contribution in [-0.4, -0.2) is 67.0 Å². The summed E-state index contributed by atoms with van der Waals surface area (Å²) in [7, 11) is 0. The van der Waals surface area contributed by atoms with Crippen LogP contribution in [0.25, 0.3) is 0 Å². The summed E-state index contributed by atoms with van der Waals surface area (Å²) in [5, 5.41) is 2.80. The largest absolute Gasteiger partial charge is 0.484 e. The van der Waals surface area contributed by atoms with Crippen LogP contribution in [0, 0.1) is 5.92 Å². The summed E-state index contributed by atoms with van der Waals surface area (Å²) in [5.41, 5.74) is 0. The first kappa shape index (κ1) is 23.1. The predicted octanol–water partition coefficient (Wildman–Crippen LogP) is 2.10. The van der Waals surface area contributed by atoms with Crippen LogP contribution >= 0.6 is 11.8 Å². The van der Waals surface area contributed by atoms with Crippen molar-refractivity contribution in [3.8, 4) is 5.75 Å². The van der Waals surface area contributed by atoms with E-state index in [0.717, 1.165) is 18.6 Å². The zero-order valence-electron chi connectivity index (χ0n) is 17.1. The number of amides is 2. The molecular formula is C21H30N2O5S. The fourth-order valence-electron chi connectivity index (χ4n) is 3.24. The Bertz CT molecular complexity index is 670. The van der Waals surface area contributed by atoms with Crippen molar-refractivity contribution in [2.75, 3.05) is 38.3 Å². The van der Waals surface area contributed by atoms with Gasteiger partial charge in [-0.25, -0.2) is 0 Å². The number of hydrogen-bond acceptors (Lipinski definition) is 6. The molecule has 0 saturated carbocycles. The molecule has 0 radical (unpaired) electrons. The third kappa shape index (κ3) is 7.61. The van der Waals surface area contributed by atoms with E-state index >= 15 is 0 Å². The Balaban J connectivity index is 1.93. The highest BCUT2D eigenvalue weighted by Crippen LogP contribution is 2.19. The lowest BCUT2D eigenvalue weighted by atomic mass is 9.97. The van der Waals surface area contributed by atoms with Gasteiger partial charge in [-0.15, -0.1) is 0 Å². The number of ether oxygens (including phenoxy) is 2. The van der Waals surface area contributed by atoms with Crippen LogP contribution in [0.5, 0.6) is 5.75 Å². The van der Waals surface area contributed by atoms with Gasteiger partial charge in [0.2, 0.25) is 5.91 Å². The number of rotatable bonds is 10. The molecule has 1 aromatic rings.